The molecule has 0 radical (unpaired) electrons. The fraction of sp³-hybridized carbons (Fsp3) is 0.316. The van der Waals surface area contributed by atoms with E-state index in [0.29, 0.717) is 5.69 Å². The molecular weight excluding hydrogens is 351 g/mol. The van der Waals surface area contributed by atoms with E-state index >= 15 is 0 Å². The molecule has 2 N–H and O–H groups in total. The third-order valence-corrected chi connectivity index (χ3v) is 6.14. The van der Waals surface area contributed by atoms with Gasteiger partial charge in [0.2, 0.25) is 5.91 Å². The van der Waals surface area contributed by atoms with Crippen molar-refractivity contribution in [2.45, 2.75) is 32.1 Å². The Hall–Kier alpha value is -2.54. The van der Waals surface area contributed by atoms with Crippen LogP contribution in [-0.2, 0) is 17.6 Å². The van der Waals surface area contributed by atoms with Gasteiger partial charge in [0.05, 0.1) is 11.1 Å². The third-order valence-electron chi connectivity index (χ3n) is 4.94. The van der Waals surface area contributed by atoms with Gasteiger partial charge in [0.15, 0.2) is 0 Å². The molecule has 26 heavy (non-hydrogen) atoms. The number of hydrogen-bond acceptors (Lipinski definition) is 5. The van der Waals surface area contributed by atoms with Gasteiger partial charge in [-0.25, -0.2) is 14.4 Å². The number of benzene rings is 1. The van der Waals surface area contributed by atoms with Crippen molar-refractivity contribution in [3.63, 3.8) is 0 Å². The molecule has 1 aromatic carbocycles. The average molecular weight is 368 g/mol. The molecule has 0 atom stereocenters. The SMILES string of the molecule is O=C(Nc1cc(Nc2ncnc3sc4c(c23)CCC4)ccc1F)C1CC1. The summed E-state index contributed by atoms with van der Waals surface area (Å²) < 4.78 is 14.1. The lowest BCUT2D eigenvalue weighted by molar-refractivity contribution is -0.117. The number of fused-ring (bicyclic) bond motifs is 3. The molecule has 2 heterocycles. The van der Waals surface area contributed by atoms with Gasteiger partial charge in [-0.3, -0.25) is 4.79 Å². The largest absolute Gasteiger partial charge is 0.340 e. The number of aryl methyl sites for hydroxylation is 2. The number of halogens is 1. The first kappa shape index (κ1) is 15.7. The maximum atomic E-state index is 14.1. The Bertz CT molecular complexity index is 1030. The van der Waals surface area contributed by atoms with Crippen molar-refractivity contribution in [1.82, 2.24) is 9.97 Å². The molecule has 132 valence electrons. The van der Waals surface area contributed by atoms with E-state index < -0.39 is 5.82 Å². The van der Waals surface area contributed by atoms with Crippen LogP contribution in [-0.4, -0.2) is 15.9 Å². The second-order valence-corrected chi connectivity index (χ2v) is 7.93. The monoisotopic (exact) mass is 368 g/mol. The number of anilines is 3. The van der Waals surface area contributed by atoms with Gasteiger partial charge in [0, 0.05) is 16.5 Å². The van der Waals surface area contributed by atoms with Crippen LogP contribution in [0.1, 0.15) is 29.7 Å². The molecule has 3 aromatic rings. The second kappa shape index (κ2) is 6.02. The molecule has 5 rings (SSSR count). The first-order valence-electron chi connectivity index (χ1n) is 8.82. The topological polar surface area (TPSA) is 66.9 Å². The quantitative estimate of drug-likeness (QED) is 0.716. The Kier molecular flexibility index (Phi) is 3.63. The van der Waals surface area contributed by atoms with Gasteiger partial charge in [0.1, 0.15) is 22.8 Å². The molecule has 1 saturated carbocycles. The van der Waals surface area contributed by atoms with Gasteiger partial charge in [-0.2, -0.15) is 0 Å². The molecule has 0 unspecified atom stereocenters. The highest BCUT2D eigenvalue weighted by molar-refractivity contribution is 7.19. The fourth-order valence-electron chi connectivity index (χ4n) is 3.44. The molecule has 0 bridgehead atoms. The minimum Gasteiger partial charge on any atom is -0.340 e. The molecule has 0 spiro atoms. The number of thiophene rings is 1. The van der Waals surface area contributed by atoms with Gasteiger partial charge < -0.3 is 10.6 Å². The molecule has 2 aromatic heterocycles. The number of rotatable bonds is 4. The Labute approximate surface area is 153 Å². The molecule has 0 aliphatic heterocycles. The molecule has 2 aliphatic rings. The van der Waals surface area contributed by atoms with Crippen LogP contribution in [0.2, 0.25) is 0 Å². The van der Waals surface area contributed by atoms with Crippen molar-refractivity contribution in [2.75, 3.05) is 10.6 Å². The number of hydrogen-bond donors (Lipinski definition) is 2. The van der Waals surface area contributed by atoms with Crippen molar-refractivity contribution in [3.05, 3.63) is 40.8 Å². The molecule has 1 fully saturated rings. The van der Waals surface area contributed by atoms with Gasteiger partial charge in [-0.1, -0.05) is 0 Å². The maximum absolute atomic E-state index is 14.1. The van der Waals surface area contributed by atoms with Crippen molar-refractivity contribution in [2.24, 2.45) is 5.92 Å². The maximum Gasteiger partial charge on any atom is 0.227 e. The summed E-state index contributed by atoms with van der Waals surface area (Å²) in [4.78, 5) is 23.1. The molecule has 7 heteroatoms. The summed E-state index contributed by atoms with van der Waals surface area (Å²) in [6, 6.07) is 4.64. The number of nitrogens with zero attached hydrogens (tertiary/aromatic N) is 2. The minimum absolute atomic E-state index is 0.0286. The number of aromatic nitrogens is 2. The zero-order valence-corrected chi connectivity index (χ0v) is 14.8. The highest BCUT2D eigenvalue weighted by atomic mass is 32.1. The Morgan fingerprint density at radius 1 is 1.23 bits per heavy atom. The molecular formula is C19H17FN4OS. The number of carbonyl (C=O) groups excluding carboxylic acids is 1. The van der Waals surface area contributed by atoms with Crippen molar-refractivity contribution < 1.29 is 9.18 Å². The van der Waals surface area contributed by atoms with Crippen LogP contribution in [0.4, 0.5) is 21.6 Å². The molecule has 1 amide bonds. The van der Waals surface area contributed by atoms with E-state index in [9.17, 15) is 9.18 Å². The summed E-state index contributed by atoms with van der Waals surface area (Å²) in [6.45, 7) is 0. The summed E-state index contributed by atoms with van der Waals surface area (Å²) >= 11 is 1.73. The smallest absolute Gasteiger partial charge is 0.227 e. The van der Waals surface area contributed by atoms with Gasteiger partial charge in [-0.15, -0.1) is 11.3 Å². The first-order chi connectivity index (χ1) is 12.7. The number of carbonyl (C=O) groups is 1. The third kappa shape index (κ3) is 2.72. The van der Waals surface area contributed by atoms with E-state index in [1.165, 1.54) is 22.9 Å². The lowest BCUT2D eigenvalue weighted by Crippen LogP contribution is -2.14. The van der Waals surface area contributed by atoms with E-state index in [1.54, 1.807) is 29.8 Å². The Morgan fingerprint density at radius 3 is 2.96 bits per heavy atom. The fourth-order valence-corrected chi connectivity index (χ4v) is 4.67. The molecule has 0 saturated heterocycles. The van der Waals surface area contributed by atoms with Crippen molar-refractivity contribution >= 4 is 44.7 Å². The normalized spacial score (nSPS) is 15.9. The lowest BCUT2D eigenvalue weighted by atomic mass is 10.2. The van der Waals surface area contributed by atoms with Crippen LogP contribution in [0.3, 0.4) is 0 Å². The lowest BCUT2D eigenvalue weighted by Gasteiger charge is -2.11. The average Bonchev–Trinajstić information content (AvgIpc) is 3.28. The van der Waals surface area contributed by atoms with Crippen LogP contribution in [0.5, 0.6) is 0 Å². The summed E-state index contributed by atoms with van der Waals surface area (Å²) in [5.74, 6) is 0.219. The molecule has 5 nitrogen and oxygen atoms in total. The highest BCUT2D eigenvalue weighted by Crippen LogP contribution is 2.40. The van der Waals surface area contributed by atoms with Crippen molar-refractivity contribution in [1.29, 1.82) is 0 Å². The molecule has 2 aliphatic carbocycles. The van der Waals surface area contributed by atoms with Gasteiger partial charge in [0.25, 0.3) is 0 Å². The van der Waals surface area contributed by atoms with Crippen LogP contribution < -0.4 is 10.6 Å². The van der Waals surface area contributed by atoms with Gasteiger partial charge >= 0.3 is 0 Å². The van der Waals surface area contributed by atoms with Crippen LogP contribution >= 0.6 is 11.3 Å². The van der Waals surface area contributed by atoms with Crippen LogP contribution in [0, 0.1) is 11.7 Å². The number of amides is 1. The highest BCUT2D eigenvalue weighted by Gasteiger charge is 2.30. The van der Waals surface area contributed by atoms with E-state index in [1.807, 2.05) is 0 Å². The summed E-state index contributed by atoms with van der Waals surface area (Å²) in [5, 5.41) is 7.04. The first-order valence-corrected chi connectivity index (χ1v) is 9.63. The summed E-state index contributed by atoms with van der Waals surface area (Å²) in [6.07, 6.45) is 6.63. The van der Waals surface area contributed by atoms with Crippen LogP contribution in [0.25, 0.3) is 10.2 Å². The van der Waals surface area contributed by atoms with E-state index in [2.05, 4.69) is 20.6 Å². The van der Waals surface area contributed by atoms with E-state index in [-0.39, 0.29) is 17.5 Å². The van der Waals surface area contributed by atoms with E-state index in [4.69, 9.17) is 0 Å². The predicted molar refractivity (Wildman–Crippen MR) is 100 cm³/mol. The summed E-state index contributed by atoms with van der Waals surface area (Å²) in [7, 11) is 0. The van der Waals surface area contributed by atoms with Crippen molar-refractivity contribution in [3.8, 4) is 0 Å². The Morgan fingerprint density at radius 2 is 2.12 bits per heavy atom. The van der Waals surface area contributed by atoms with E-state index in [0.717, 1.165) is 41.7 Å². The Balaban J connectivity index is 1.48. The minimum atomic E-state index is -0.436. The predicted octanol–water partition coefficient (Wildman–Crippen LogP) is 4.41. The second-order valence-electron chi connectivity index (χ2n) is 6.84. The standard InChI is InChI=1S/C19H17FN4OS/c20-13-7-6-11(8-14(13)24-18(25)10-4-5-10)23-17-16-12-2-1-3-15(12)26-19(16)22-9-21-17/h6-10H,1-5H2,(H,24,25)(H,21,22,23). The zero-order valence-electron chi connectivity index (χ0n) is 14.0. The zero-order chi connectivity index (χ0) is 17.7. The van der Waals surface area contributed by atoms with Gasteiger partial charge in [-0.05, 0) is 55.9 Å². The summed E-state index contributed by atoms with van der Waals surface area (Å²) in [5.41, 5.74) is 2.22. The van der Waals surface area contributed by atoms with Crippen LogP contribution in [0.15, 0.2) is 24.5 Å². The number of nitrogens with one attached hydrogen (secondary N) is 2.